The highest BCUT2D eigenvalue weighted by Gasteiger charge is 2.06. The summed E-state index contributed by atoms with van der Waals surface area (Å²) in [6, 6.07) is 18.1. The number of nitriles is 1. The van der Waals surface area contributed by atoms with Crippen LogP contribution in [0, 0.1) is 11.3 Å². The molecule has 1 atom stereocenters. The summed E-state index contributed by atoms with van der Waals surface area (Å²) in [6.45, 7) is 2.83. The van der Waals surface area contributed by atoms with Gasteiger partial charge in [-0.05, 0) is 42.7 Å². The molecule has 0 bridgehead atoms. The largest absolute Gasteiger partial charge is 0.310 e. The van der Waals surface area contributed by atoms with E-state index < -0.39 is 0 Å². The van der Waals surface area contributed by atoms with Crippen molar-refractivity contribution < 1.29 is 0 Å². The summed E-state index contributed by atoms with van der Waals surface area (Å²) in [5.41, 5.74) is 2.98. The molecule has 20 heavy (non-hydrogen) atoms. The van der Waals surface area contributed by atoms with Crippen LogP contribution in [-0.2, 0) is 13.0 Å². The first kappa shape index (κ1) is 14.6. The van der Waals surface area contributed by atoms with Crippen molar-refractivity contribution in [3.8, 4) is 6.07 Å². The molecule has 0 aliphatic carbocycles. The Morgan fingerprint density at radius 3 is 2.75 bits per heavy atom. The highest BCUT2D eigenvalue weighted by Crippen LogP contribution is 2.13. The lowest BCUT2D eigenvalue weighted by molar-refractivity contribution is 0.545. The van der Waals surface area contributed by atoms with Gasteiger partial charge in [0.05, 0.1) is 11.6 Å². The maximum Gasteiger partial charge on any atom is 0.0995 e. The van der Waals surface area contributed by atoms with Gasteiger partial charge in [0.1, 0.15) is 0 Å². The Labute approximate surface area is 125 Å². The smallest absolute Gasteiger partial charge is 0.0995 e. The number of benzene rings is 2. The van der Waals surface area contributed by atoms with E-state index in [1.165, 1.54) is 5.56 Å². The van der Waals surface area contributed by atoms with Crippen molar-refractivity contribution in [2.24, 2.45) is 0 Å². The fourth-order valence-corrected chi connectivity index (χ4v) is 2.37. The van der Waals surface area contributed by atoms with Gasteiger partial charge in [0.2, 0.25) is 0 Å². The Morgan fingerprint density at radius 1 is 1.20 bits per heavy atom. The summed E-state index contributed by atoms with van der Waals surface area (Å²) in [7, 11) is 0. The van der Waals surface area contributed by atoms with Crippen molar-refractivity contribution >= 4 is 11.6 Å². The van der Waals surface area contributed by atoms with Crippen LogP contribution < -0.4 is 5.32 Å². The zero-order valence-electron chi connectivity index (χ0n) is 11.4. The van der Waals surface area contributed by atoms with Crippen LogP contribution in [0.3, 0.4) is 0 Å². The van der Waals surface area contributed by atoms with Crippen LogP contribution in [0.4, 0.5) is 0 Å². The molecule has 0 fully saturated rings. The first-order chi connectivity index (χ1) is 9.69. The van der Waals surface area contributed by atoms with Crippen molar-refractivity contribution in [1.82, 2.24) is 5.32 Å². The Bertz CT molecular complexity index is 616. The maximum absolute atomic E-state index is 9.06. The molecule has 0 aromatic heterocycles. The summed E-state index contributed by atoms with van der Waals surface area (Å²) in [4.78, 5) is 0. The fraction of sp³-hybridized carbons (Fsp3) is 0.235. The highest BCUT2D eigenvalue weighted by atomic mass is 35.5. The monoisotopic (exact) mass is 284 g/mol. The SMILES string of the molecule is CC(Cc1cccc(Cl)c1)NCc1ccccc1C#N. The van der Waals surface area contributed by atoms with Gasteiger partial charge in [-0.2, -0.15) is 5.26 Å². The summed E-state index contributed by atoms with van der Waals surface area (Å²) in [5, 5.41) is 13.3. The normalized spacial score (nSPS) is 11.8. The predicted molar refractivity (Wildman–Crippen MR) is 82.6 cm³/mol. The van der Waals surface area contributed by atoms with Gasteiger partial charge in [-0.15, -0.1) is 0 Å². The summed E-state index contributed by atoms with van der Waals surface area (Å²) < 4.78 is 0. The quantitative estimate of drug-likeness (QED) is 0.903. The van der Waals surface area contributed by atoms with E-state index in [2.05, 4.69) is 24.4 Å². The minimum absolute atomic E-state index is 0.320. The molecule has 0 heterocycles. The Morgan fingerprint density at radius 2 is 2.00 bits per heavy atom. The molecular weight excluding hydrogens is 268 g/mol. The van der Waals surface area contributed by atoms with Gasteiger partial charge >= 0.3 is 0 Å². The van der Waals surface area contributed by atoms with Crippen LogP contribution in [0.2, 0.25) is 5.02 Å². The van der Waals surface area contributed by atoms with Crippen LogP contribution in [0.5, 0.6) is 0 Å². The molecule has 0 aliphatic rings. The number of halogens is 1. The van der Waals surface area contributed by atoms with Gasteiger partial charge in [-0.25, -0.2) is 0 Å². The van der Waals surface area contributed by atoms with E-state index in [9.17, 15) is 0 Å². The van der Waals surface area contributed by atoms with Crippen molar-refractivity contribution in [2.75, 3.05) is 0 Å². The third-order valence-corrected chi connectivity index (χ3v) is 3.44. The molecule has 0 radical (unpaired) electrons. The third-order valence-electron chi connectivity index (χ3n) is 3.21. The summed E-state index contributed by atoms with van der Waals surface area (Å²) in [5.74, 6) is 0. The average molecular weight is 285 g/mol. The number of hydrogen-bond acceptors (Lipinski definition) is 2. The van der Waals surface area contributed by atoms with E-state index in [4.69, 9.17) is 16.9 Å². The summed E-state index contributed by atoms with van der Waals surface area (Å²) >= 11 is 5.98. The van der Waals surface area contributed by atoms with Crippen LogP contribution >= 0.6 is 11.6 Å². The van der Waals surface area contributed by atoms with Gasteiger partial charge in [0.25, 0.3) is 0 Å². The van der Waals surface area contributed by atoms with Crippen LogP contribution in [-0.4, -0.2) is 6.04 Å². The number of hydrogen-bond donors (Lipinski definition) is 1. The van der Waals surface area contributed by atoms with Gasteiger partial charge in [-0.3, -0.25) is 0 Å². The average Bonchev–Trinajstić information content (AvgIpc) is 2.45. The molecule has 0 saturated heterocycles. The van der Waals surface area contributed by atoms with E-state index in [-0.39, 0.29) is 0 Å². The molecule has 0 saturated carbocycles. The second kappa shape index (κ2) is 7.09. The van der Waals surface area contributed by atoms with Crippen molar-refractivity contribution in [3.05, 3.63) is 70.2 Å². The molecule has 3 heteroatoms. The van der Waals surface area contributed by atoms with E-state index in [0.29, 0.717) is 12.6 Å². The van der Waals surface area contributed by atoms with Gasteiger partial charge in [0.15, 0.2) is 0 Å². The first-order valence-corrected chi connectivity index (χ1v) is 7.02. The van der Waals surface area contributed by atoms with Crippen LogP contribution in [0.1, 0.15) is 23.6 Å². The second-order valence-electron chi connectivity index (χ2n) is 4.88. The van der Waals surface area contributed by atoms with Gasteiger partial charge in [0, 0.05) is 17.6 Å². The standard InChI is InChI=1S/C17H17ClN2/c1-13(9-14-5-4-8-17(18)10-14)20-12-16-7-3-2-6-15(16)11-19/h2-8,10,13,20H,9,12H2,1H3. The third kappa shape index (κ3) is 4.09. The molecule has 1 N–H and O–H groups in total. The Hall–Kier alpha value is -1.82. The molecular formula is C17H17ClN2. The van der Waals surface area contributed by atoms with Gasteiger partial charge in [-0.1, -0.05) is 41.9 Å². The van der Waals surface area contributed by atoms with Crippen molar-refractivity contribution in [3.63, 3.8) is 0 Å². The van der Waals surface area contributed by atoms with Gasteiger partial charge < -0.3 is 5.32 Å². The number of nitrogens with one attached hydrogen (secondary N) is 1. The number of rotatable bonds is 5. The highest BCUT2D eigenvalue weighted by molar-refractivity contribution is 6.30. The molecule has 0 aliphatic heterocycles. The molecule has 0 spiro atoms. The Balaban J connectivity index is 1.92. The predicted octanol–water partition coefficient (Wildman–Crippen LogP) is 3.93. The lowest BCUT2D eigenvalue weighted by atomic mass is 10.1. The minimum Gasteiger partial charge on any atom is -0.310 e. The van der Waals surface area contributed by atoms with Crippen LogP contribution in [0.15, 0.2) is 48.5 Å². The van der Waals surface area contributed by atoms with Crippen molar-refractivity contribution in [2.45, 2.75) is 25.9 Å². The Kier molecular flexibility index (Phi) is 5.17. The fourth-order valence-electron chi connectivity index (χ4n) is 2.16. The lowest BCUT2D eigenvalue weighted by Crippen LogP contribution is -2.27. The van der Waals surface area contributed by atoms with Crippen molar-refractivity contribution in [1.29, 1.82) is 5.26 Å². The minimum atomic E-state index is 0.320. The number of nitrogens with zero attached hydrogens (tertiary/aromatic N) is 1. The molecule has 0 amide bonds. The zero-order chi connectivity index (χ0) is 14.4. The van der Waals surface area contributed by atoms with E-state index in [0.717, 1.165) is 22.6 Å². The molecule has 2 aromatic carbocycles. The molecule has 102 valence electrons. The maximum atomic E-state index is 9.06. The lowest BCUT2D eigenvalue weighted by Gasteiger charge is -2.14. The second-order valence-corrected chi connectivity index (χ2v) is 5.32. The first-order valence-electron chi connectivity index (χ1n) is 6.65. The molecule has 2 rings (SSSR count). The molecule has 2 aromatic rings. The molecule has 2 nitrogen and oxygen atoms in total. The van der Waals surface area contributed by atoms with E-state index >= 15 is 0 Å². The zero-order valence-corrected chi connectivity index (χ0v) is 12.2. The molecule has 1 unspecified atom stereocenters. The topological polar surface area (TPSA) is 35.8 Å². The van der Waals surface area contributed by atoms with Crippen LogP contribution in [0.25, 0.3) is 0 Å². The van der Waals surface area contributed by atoms with E-state index in [1.807, 2.05) is 42.5 Å². The van der Waals surface area contributed by atoms with E-state index in [1.54, 1.807) is 0 Å². The summed E-state index contributed by atoms with van der Waals surface area (Å²) in [6.07, 6.45) is 0.912.